The summed E-state index contributed by atoms with van der Waals surface area (Å²) in [6, 6.07) is 9.25. The molecule has 2 rings (SSSR count). The van der Waals surface area contributed by atoms with Crippen molar-refractivity contribution < 1.29 is 14.6 Å². The highest BCUT2D eigenvalue weighted by molar-refractivity contribution is 5.67. The molecule has 6 heteroatoms. The lowest BCUT2D eigenvalue weighted by Crippen LogP contribution is -2.19. The number of rotatable bonds is 6. The van der Waals surface area contributed by atoms with Gasteiger partial charge in [0, 0.05) is 11.8 Å². The molecular formula is C13H15N3O3. The number of carboxylic acid groups (broad SMARTS) is 1. The number of aromatic nitrogens is 2. The molecule has 0 amide bonds. The van der Waals surface area contributed by atoms with Crippen LogP contribution >= 0.6 is 0 Å². The Kier molecular flexibility index (Phi) is 4.27. The molecule has 3 N–H and O–H groups in total. The summed E-state index contributed by atoms with van der Waals surface area (Å²) in [6.45, 7) is -0.201. The number of hydrogen-bond donors (Lipinski definition) is 2. The number of nitrogens with two attached hydrogens (primary N) is 1. The van der Waals surface area contributed by atoms with Gasteiger partial charge in [-0.2, -0.15) is 5.10 Å². The molecule has 1 aromatic carbocycles. The summed E-state index contributed by atoms with van der Waals surface area (Å²) >= 11 is 0. The predicted octanol–water partition coefficient (Wildman–Crippen LogP) is 0.973. The molecule has 0 aliphatic heterocycles. The van der Waals surface area contributed by atoms with Gasteiger partial charge in [0.15, 0.2) is 0 Å². The highest BCUT2D eigenvalue weighted by Gasteiger charge is 2.10. The molecule has 0 saturated carbocycles. The molecule has 0 aliphatic carbocycles. The maximum absolute atomic E-state index is 10.3. The summed E-state index contributed by atoms with van der Waals surface area (Å²) in [5.41, 5.74) is 7.64. The summed E-state index contributed by atoms with van der Waals surface area (Å²) in [6.07, 6.45) is 3.46. The summed E-state index contributed by atoms with van der Waals surface area (Å²) < 4.78 is 6.68. The van der Waals surface area contributed by atoms with Gasteiger partial charge in [-0.25, -0.2) is 9.48 Å². The number of hydrogen-bond acceptors (Lipinski definition) is 4. The molecule has 1 aromatic heterocycles. The van der Waals surface area contributed by atoms with Crippen LogP contribution in [0.4, 0.5) is 0 Å². The third kappa shape index (κ3) is 3.64. The zero-order valence-electron chi connectivity index (χ0n) is 10.3. The molecule has 1 heterocycles. The van der Waals surface area contributed by atoms with Gasteiger partial charge in [-0.15, -0.1) is 0 Å². The Hall–Kier alpha value is -2.18. The largest absolute Gasteiger partial charge is 0.480 e. The molecule has 19 heavy (non-hydrogen) atoms. The van der Waals surface area contributed by atoms with Crippen LogP contribution in [0.2, 0.25) is 0 Å². The normalized spacial score (nSPS) is 12.3. The van der Waals surface area contributed by atoms with Crippen LogP contribution in [0, 0.1) is 0 Å². The topological polar surface area (TPSA) is 90.4 Å². The SMILES string of the molecule is NC(COCC(=O)O)c1cnn(-c2ccccc2)c1. The van der Waals surface area contributed by atoms with Crippen molar-refractivity contribution in [3.63, 3.8) is 0 Å². The van der Waals surface area contributed by atoms with E-state index in [0.717, 1.165) is 11.3 Å². The van der Waals surface area contributed by atoms with Crippen molar-refractivity contribution in [3.05, 3.63) is 48.3 Å². The fourth-order valence-electron chi connectivity index (χ4n) is 1.62. The number of carbonyl (C=O) groups is 1. The van der Waals surface area contributed by atoms with Crippen LogP contribution < -0.4 is 5.73 Å². The lowest BCUT2D eigenvalue weighted by atomic mass is 10.2. The van der Waals surface area contributed by atoms with Gasteiger partial charge in [0.2, 0.25) is 0 Å². The molecule has 0 spiro atoms. The molecule has 0 radical (unpaired) electrons. The van der Waals surface area contributed by atoms with Crippen LogP contribution in [-0.4, -0.2) is 34.1 Å². The summed E-state index contributed by atoms with van der Waals surface area (Å²) in [5.74, 6) is -1.01. The monoisotopic (exact) mass is 261 g/mol. The summed E-state index contributed by atoms with van der Waals surface area (Å²) in [7, 11) is 0. The van der Waals surface area contributed by atoms with E-state index in [1.807, 2.05) is 36.5 Å². The van der Waals surface area contributed by atoms with E-state index in [2.05, 4.69) is 5.10 Å². The third-order valence-electron chi connectivity index (χ3n) is 2.57. The minimum atomic E-state index is -1.01. The van der Waals surface area contributed by atoms with Gasteiger partial charge in [0.1, 0.15) is 6.61 Å². The van der Waals surface area contributed by atoms with Crippen molar-refractivity contribution in [1.82, 2.24) is 9.78 Å². The van der Waals surface area contributed by atoms with E-state index in [4.69, 9.17) is 15.6 Å². The highest BCUT2D eigenvalue weighted by atomic mass is 16.5. The molecule has 2 aromatic rings. The minimum Gasteiger partial charge on any atom is -0.480 e. The Labute approximate surface area is 110 Å². The van der Waals surface area contributed by atoms with E-state index in [1.54, 1.807) is 10.9 Å². The smallest absolute Gasteiger partial charge is 0.329 e. The molecule has 0 saturated heterocycles. The second-order valence-corrected chi connectivity index (χ2v) is 4.07. The van der Waals surface area contributed by atoms with E-state index in [-0.39, 0.29) is 13.2 Å². The van der Waals surface area contributed by atoms with Crippen LogP contribution in [0.1, 0.15) is 11.6 Å². The Balaban J connectivity index is 1.99. The first kappa shape index (κ1) is 13.3. The van der Waals surface area contributed by atoms with Gasteiger partial charge < -0.3 is 15.6 Å². The quantitative estimate of drug-likeness (QED) is 0.808. The number of nitrogens with zero attached hydrogens (tertiary/aromatic N) is 2. The van der Waals surface area contributed by atoms with Gasteiger partial charge in [-0.3, -0.25) is 0 Å². The molecule has 0 aliphatic rings. The molecule has 1 atom stereocenters. The van der Waals surface area contributed by atoms with E-state index in [0.29, 0.717) is 0 Å². The first-order valence-corrected chi connectivity index (χ1v) is 5.82. The number of para-hydroxylation sites is 1. The zero-order valence-corrected chi connectivity index (χ0v) is 10.3. The Morgan fingerprint density at radius 1 is 1.42 bits per heavy atom. The number of aliphatic carboxylic acids is 1. The number of ether oxygens (including phenoxy) is 1. The van der Waals surface area contributed by atoms with Crippen LogP contribution in [0.25, 0.3) is 5.69 Å². The number of carboxylic acids is 1. The van der Waals surface area contributed by atoms with Gasteiger partial charge >= 0.3 is 5.97 Å². The summed E-state index contributed by atoms with van der Waals surface area (Å²) in [5, 5.41) is 12.7. The van der Waals surface area contributed by atoms with Crippen molar-refractivity contribution in [2.75, 3.05) is 13.2 Å². The third-order valence-corrected chi connectivity index (χ3v) is 2.57. The fraction of sp³-hybridized carbons (Fsp3) is 0.231. The molecular weight excluding hydrogens is 246 g/mol. The van der Waals surface area contributed by atoms with Gasteiger partial charge in [-0.05, 0) is 12.1 Å². The fourth-order valence-corrected chi connectivity index (χ4v) is 1.62. The maximum atomic E-state index is 10.3. The molecule has 6 nitrogen and oxygen atoms in total. The maximum Gasteiger partial charge on any atom is 0.329 e. The van der Waals surface area contributed by atoms with Crippen molar-refractivity contribution in [3.8, 4) is 5.69 Å². The van der Waals surface area contributed by atoms with Crippen molar-refractivity contribution in [1.29, 1.82) is 0 Å². The van der Waals surface area contributed by atoms with E-state index in [9.17, 15) is 4.79 Å². The second-order valence-electron chi connectivity index (χ2n) is 4.07. The van der Waals surface area contributed by atoms with Crippen LogP contribution in [0.3, 0.4) is 0 Å². The lowest BCUT2D eigenvalue weighted by molar-refractivity contribution is -0.142. The number of benzene rings is 1. The average molecular weight is 261 g/mol. The lowest BCUT2D eigenvalue weighted by Gasteiger charge is -2.08. The van der Waals surface area contributed by atoms with Crippen molar-refractivity contribution >= 4 is 5.97 Å². The molecule has 0 bridgehead atoms. The molecule has 1 unspecified atom stereocenters. The van der Waals surface area contributed by atoms with E-state index >= 15 is 0 Å². The van der Waals surface area contributed by atoms with Crippen LogP contribution in [0.15, 0.2) is 42.7 Å². The zero-order chi connectivity index (χ0) is 13.7. The van der Waals surface area contributed by atoms with Gasteiger partial charge in [-0.1, -0.05) is 18.2 Å². The minimum absolute atomic E-state index is 0.146. The Morgan fingerprint density at radius 2 is 2.16 bits per heavy atom. The highest BCUT2D eigenvalue weighted by Crippen LogP contribution is 2.13. The Morgan fingerprint density at radius 3 is 2.84 bits per heavy atom. The molecule has 0 fully saturated rings. The second kappa shape index (κ2) is 6.12. The standard InChI is InChI=1S/C13H15N3O3/c14-12(8-19-9-13(17)18)10-6-15-16(7-10)11-4-2-1-3-5-11/h1-7,12H,8-9,14H2,(H,17,18). The average Bonchev–Trinajstić information content (AvgIpc) is 2.89. The molecule has 100 valence electrons. The van der Waals surface area contributed by atoms with Gasteiger partial charge in [0.25, 0.3) is 0 Å². The Bertz CT molecular complexity index is 539. The predicted molar refractivity (Wildman–Crippen MR) is 68.9 cm³/mol. The summed E-state index contributed by atoms with van der Waals surface area (Å²) in [4.78, 5) is 10.3. The van der Waals surface area contributed by atoms with Crippen LogP contribution in [-0.2, 0) is 9.53 Å². The van der Waals surface area contributed by atoms with Crippen molar-refractivity contribution in [2.24, 2.45) is 5.73 Å². The van der Waals surface area contributed by atoms with E-state index in [1.165, 1.54) is 0 Å². The first-order chi connectivity index (χ1) is 9.16. The van der Waals surface area contributed by atoms with Crippen molar-refractivity contribution in [2.45, 2.75) is 6.04 Å². The van der Waals surface area contributed by atoms with Gasteiger partial charge in [0.05, 0.1) is 24.5 Å². The van der Waals surface area contributed by atoms with E-state index < -0.39 is 12.0 Å². The first-order valence-electron chi connectivity index (χ1n) is 5.82. The van der Waals surface area contributed by atoms with Crippen LogP contribution in [0.5, 0.6) is 0 Å².